The molecule has 0 bridgehead atoms. The van der Waals surface area contributed by atoms with E-state index in [4.69, 9.17) is 10.8 Å². The van der Waals surface area contributed by atoms with E-state index in [2.05, 4.69) is 0 Å². The standard InChI is InChI=1S/C8H15NO2/c1-5-3-2-4-6(9)7(5)8(10)11/h5-7H,2-4,9H2,1H3,(H,10,11). The predicted molar refractivity (Wildman–Crippen MR) is 42.1 cm³/mol. The molecule has 3 heteroatoms. The van der Waals surface area contributed by atoms with Crippen LogP contribution in [0.4, 0.5) is 0 Å². The lowest BCUT2D eigenvalue weighted by molar-refractivity contribution is -0.145. The summed E-state index contributed by atoms with van der Waals surface area (Å²) in [6, 6.07) is -0.128. The molecule has 1 rings (SSSR count). The van der Waals surface area contributed by atoms with Crippen molar-refractivity contribution >= 4 is 5.97 Å². The Labute approximate surface area is 66.6 Å². The Kier molecular flexibility index (Phi) is 2.49. The first-order valence-corrected chi connectivity index (χ1v) is 4.11. The molecule has 64 valence electrons. The number of hydrogen-bond acceptors (Lipinski definition) is 2. The summed E-state index contributed by atoms with van der Waals surface area (Å²) in [7, 11) is 0. The first-order chi connectivity index (χ1) is 5.13. The third kappa shape index (κ3) is 1.71. The van der Waals surface area contributed by atoms with E-state index in [1.807, 2.05) is 6.92 Å². The Morgan fingerprint density at radius 2 is 2.18 bits per heavy atom. The minimum absolute atomic E-state index is 0.128. The van der Waals surface area contributed by atoms with Crippen molar-refractivity contribution in [2.75, 3.05) is 0 Å². The summed E-state index contributed by atoms with van der Waals surface area (Å²) in [6.07, 6.45) is 2.94. The summed E-state index contributed by atoms with van der Waals surface area (Å²) >= 11 is 0. The highest BCUT2D eigenvalue weighted by Crippen LogP contribution is 2.28. The highest BCUT2D eigenvalue weighted by molar-refractivity contribution is 5.71. The lowest BCUT2D eigenvalue weighted by atomic mass is 9.77. The molecule has 0 heterocycles. The second kappa shape index (κ2) is 3.22. The van der Waals surface area contributed by atoms with Gasteiger partial charge in [0.05, 0.1) is 5.92 Å². The van der Waals surface area contributed by atoms with Gasteiger partial charge in [0.15, 0.2) is 0 Å². The van der Waals surface area contributed by atoms with Crippen LogP contribution in [0.2, 0.25) is 0 Å². The lowest BCUT2D eigenvalue weighted by Crippen LogP contribution is -2.42. The van der Waals surface area contributed by atoms with Crippen LogP contribution in [0.25, 0.3) is 0 Å². The summed E-state index contributed by atoms with van der Waals surface area (Å²) in [5, 5.41) is 8.80. The highest BCUT2D eigenvalue weighted by atomic mass is 16.4. The Morgan fingerprint density at radius 1 is 1.55 bits per heavy atom. The third-order valence-electron chi connectivity index (χ3n) is 2.56. The second-order valence-electron chi connectivity index (χ2n) is 3.44. The molecule has 3 nitrogen and oxygen atoms in total. The molecule has 0 radical (unpaired) electrons. The summed E-state index contributed by atoms with van der Waals surface area (Å²) in [5.41, 5.74) is 5.69. The molecule has 0 amide bonds. The van der Waals surface area contributed by atoms with E-state index < -0.39 is 5.97 Å². The van der Waals surface area contributed by atoms with E-state index in [0.29, 0.717) is 0 Å². The fourth-order valence-electron chi connectivity index (χ4n) is 1.88. The van der Waals surface area contributed by atoms with Crippen LogP contribution in [0.5, 0.6) is 0 Å². The Balaban J connectivity index is 2.62. The molecule has 3 unspecified atom stereocenters. The SMILES string of the molecule is CC1CCCC(N)C1C(=O)O. The van der Waals surface area contributed by atoms with E-state index >= 15 is 0 Å². The molecule has 3 N–H and O–H groups in total. The Bertz CT molecular complexity index is 148. The van der Waals surface area contributed by atoms with Crippen molar-refractivity contribution in [1.29, 1.82) is 0 Å². The van der Waals surface area contributed by atoms with Gasteiger partial charge in [-0.05, 0) is 18.8 Å². The van der Waals surface area contributed by atoms with Crippen LogP contribution < -0.4 is 5.73 Å². The molecule has 1 saturated carbocycles. The number of aliphatic carboxylic acids is 1. The van der Waals surface area contributed by atoms with Crippen molar-refractivity contribution in [3.05, 3.63) is 0 Å². The molecule has 0 spiro atoms. The van der Waals surface area contributed by atoms with Crippen LogP contribution in [-0.2, 0) is 4.79 Å². The van der Waals surface area contributed by atoms with Gasteiger partial charge in [0, 0.05) is 6.04 Å². The fourth-order valence-corrected chi connectivity index (χ4v) is 1.88. The van der Waals surface area contributed by atoms with Crippen LogP contribution in [-0.4, -0.2) is 17.1 Å². The third-order valence-corrected chi connectivity index (χ3v) is 2.56. The van der Waals surface area contributed by atoms with Gasteiger partial charge in [0.25, 0.3) is 0 Å². The lowest BCUT2D eigenvalue weighted by Gasteiger charge is -2.30. The largest absolute Gasteiger partial charge is 0.481 e. The van der Waals surface area contributed by atoms with Crippen molar-refractivity contribution in [2.24, 2.45) is 17.6 Å². The quantitative estimate of drug-likeness (QED) is 0.592. The average molecular weight is 157 g/mol. The zero-order valence-corrected chi connectivity index (χ0v) is 6.79. The molecule has 0 aromatic rings. The van der Waals surface area contributed by atoms with Crippen LogP contribution in [0.1, 0.15) is 26.2 Å². The van der Waals surface area contributed by atoms with Crippen molar-refractivity contribution in [2.45, 2.75) is 32.2 Å². The zero-order valence-electron chi connectivity index (χ0n) is 6.79. The van der Waals surface area contributed by atoms with Crippen LogP contribution in [0, 0.1) is 11.8 Å². The molecule has 0 aromatic heterocycles. The van der Waals surface area contributed by atoms with Gasteiger partial charge in [-0.1, -0.05) is 13.3 Å². The van der Waals surface area contributed by atoms with E-state index in [-0.39, 0.29) is 17.9 Å². The smallest absolute Gasteiger partial charge is 0.308 e. The number of hydrogen-bond donors (Lipinski definition) is 2. The second-order valence-corrected chi connectivity index (χ2v) is 3.44. The molecule has 0 saturated heterocycles. The fraction of sp³-hybridized carbons (Fsp3) is 0.875. The summed E-state index contributed by atoms with van der Waals surface area (Å²) in [5.74, 6) is -0.801. The number of carbonyl (C=O) groups is 1. The van der Waals surface area contributed by atoms with Gasteiger partial charge >= 0.3 is 5.97 Å². The van der Waals surface area contributed by atoms with Gasteiger partial charge in [-0.25, -0.2) is 0 Å². The molecular weight excluding hydrogens is 142 g/mol. The minimum Gasteiger partial charge on any atom is -0.481 e. The van der Waals surface area contributed by atoms with Crippen molar-refractivity contribution in [3.63, 3.8) is 0 Å². The molecule has 1 aliphatic rings. The minimum atomic E-state index is -0.732. The van der Waals surface area contributed by atoms with Gasteiger partial charge < -0.3 is 10.8 Å². The van der Waals surface area contributed by atoms with Gasteiger partial charge in [-0.3, -0.25) is 4.79 Å². The monoisotopic (exact) mass is 157 g/mol. The normalized spacial score (nSPS) is 38.5. The summed E-state index contributed by atoms with van der Waals surface area (Å²) in [4.78, 5) is 10.7. The number of carboxylic acid groups (broad SMARTS) is 1. The molecular formula is C8H15NO2. The maximum atomic E-state index is 10.7. The molecule has 0 aromatic carbocycles. The summed E-state index contributed by atoms with van der Waals surface area (Å²) in [6.45, 7) is 1.97. The molecule has 1 aliphatic carbocycles. The van der Waals surface area contributed by atoms with Gasteiger partial charge in [0.2, 0.25) is 0 Å². The van der Waals surface area contributed by atoms with Gasteiger partial charge in [0.1, 0.15) is 0 Å². The Morgan fingerprint density at radius 3 is 2.55 bits per heavy atom. The van der Waals surface area contributed by atoms with E-state index in [1.54, 1.807) is 0 Å². The van der Waals surface area contributed by atoms with Crippen molar-refractivity contribution < 1.29 is 9.90 Å². The highest BCUT2D eigenvalue weighted by Gasteiger charge is 2.33. The first kappa shape index (κ1) is 8.53. The maximum Gasteiger partial charge on any atom is 0.308 e. The van der Waals surface area contributed by atoms with Gasteiger partial charge in [-0.2, -0.15) is 0 Å². The van der Waals surface area contributed by atoms with Crippen LogP contribution in [0.3, 0.4) is 0 Å². The molecule has 0 aliphatic heterocycles. The number of nitrogens with two attached hydrogens (primary N) is 1. The van der Waals surface area contributed by atoms with E-state index in [0.717, 1.165) is 19.3 Å². The van der Waals surface area contributed by atoms with Crippen molar-refractivity contribution in [3.8, 4) is 0 Å². The van der Waals surface area contributed by atoms with E-state index in [1.165, 1.54) is 0 Å². The molecule has 1 fully saturated rings. The number of carboxylic acids is 1. The van der Waals surface area contributed by atoms with Gasteiger partial charge in [-0.15, -0.1) is 0 Å². The topological polar surface area (TPSA) is 63.3 Å². The molecule has 3 atom stereocenters. The average Bonchev–Trinajstić information content (AvgIpc) is 1.85. The van der Waals surface area contributed by atoms with Crippen LogP contribution in [0.15, 0.2) is 0 Å². The predicted octanol–water partition coefficient (Wildman–Crippen LogP) is 0.834. The van der Waals surface area contributed by atoms with Crippen LogP contribution >= 0.6 is 0 Å². The first-order valence-electron chi connectivity index (χ1n) is 4.11. The number of rotatable bonds is 1. The molecule has 11 heavy (non-hydrogen) atoms. The summed E-state index contributed by atoms with van der Waals surface area (Å²) < 4.78 is 0. The van der Waals surface area contributed by atoms with Crippen molar-refractivity contribution in [1.82, 2.24) is 0 Å². The van der Waals surface area contributed by atoms with E-state index in [9.17, 15) is 4.79 Å². The zero-order chi connectivity index (χ0) is 8.43. The Hall–Kier alpha value is -0.570. The maximum absolute atomic E-state index is 10.7.